The minimum atomic E-state index is -0.0507. The quantitative estimate of drug-likeness (QED) is 0.915. The highest BCUT2D eigenvalue weighted by Crippen LogP contribution is 2.19. The molecule has 1 saturated heterocycles. The Balaban J connectivity index is 1.73. The van der Waals surface area contributed by atoms with Crippen LogP contribution in [-0.4, -0.2) is 51.2 Å². The van der Waals surface area contributed by atoms with Crippen LogP contribution >= 0.6 is 0 Å². The first-order valence-electron chi connectivity index (χ1n) is 8.84. The van der Waals surface area contributed by atoms with Crippen LogP contribution in [0.3, 0.4) is 0 Å². The van der Waals surface area contributed by atoms with E-state index >= 15 is 0 Å². The molecule has 0 radical (unpaired) electrons. The molecule has 1 amide bonds. The summed E-state index contributed by atoms with van der Waals surface area (Å²) in [6.45, 7) is 11.1. The van der Waals surface area contributed by atoms with Crippen molar-refractivity contribution < 1.29 is 4.79 Å². The van der Waals surface area contributed by atoms with Gasteiger partial charge in [-0.2, -0.15) is 5.10 Å². The van der Waals surface area contributed by atoms with Crippen LogP contribution in [0.1, 0.15) is 55.7 Å². The number of carbonyl (C=O) groups excluding carboxylic acids is 1. The van der Waals surface area contributed by atoms with Crippen LogP contribution in [0.5, 0.6) is 0 Å². The van der Waals surface area contributed by atoms with E-state index in [1.807, 2.05) is 17.7 Å². The van der Waals surface area contributed by atoms with Crippen molar-refractivity contribution in [1.82, 2.24) is 25.0 Å². The summed E-state index contributed by atoms with van der Waals surface area (Å²) in [5, 5.41) is 8.35. The van der Waals surface area contributed by atoms with Crippen molar-refractivity contribution in [2.24, 2.45) is 0 Å². The number of aromatic nitrogens is 3. The third-order valence-electron chi connectivity index (χ3n) is 4.82. The summed E-state index contributed by atoms with van der Waals surface area (Å²) < 4.78 is 1.89. The first kappa shape index (κ1) is 16.9. The fourth-order valence-corrected chi connectivity index (χ4v) is 3.32. The molecule has 1 aliphatic heterocycles. The molecule has 24 heavy (non-hydrogen) atoms. The molecule has 1 fully saturated rings. The lowest BCUT2D eigenvalue weighted by molar-refractivity contribution is 0.0939. The Hall–Kier alpha value is -1.95. The van der Waals surface area contributed by atoms with Crippen LogP contribution in [-0.2, 0) is 0 Å². The van der Waals surface area contributed by atoms with Gasteiger partial charge in [0.2, 0.25) is 0 Å². The Labute approximate surface area is 143 Å². The highest BCUT2D eigenvalue weighted by atomic mass is 16.1. The summed E-state index contributed by atoms with van der Waals surface area (Å²) in [7, 11) is 0. The number of likely N-dealkylation sites (tertiary alicyclic amines) is 1. The van der Waals surface area contributed by atoms with E-state index in [0.717, 1.165) is 29.8 Å². The lowest BCUT2D eigenvalue weighted by Gasteiger charge is -2.23. The Morgan fingerprint density at radius 1 is 1.29 bits per heavy atom. The molecule has 0 saturated carbocycles. The Kier molecular flexibility index (Phi) is 4.85. The standard InChI is InChI=1S/C18H27N5O/c1-12(2)23-17-15(11-20-23)9-16(14(4)21-17)18(24)19-10-13(3)22-7-5-6-8-22/h9,11-13H,5-8,10H2,1-4H3,(H,19,24)/t13-/m0/s1. The third-order valence-corrected chi connectivity index (χ3v) is 4.82. The number of hydrogen-bond acceptors (Lipinski definition) is 4. The molecule has 6 heteroatoms. The SMILES string of the molecule is Cc1nc2c(cnn2C(C)C)cc1C(=O)NC[C@H](C)N1CCCC1. The number of nitrogens with zero attached hydrogens (tertiary/aromatic N) is 4. The van der Waals surface area contributed by atoms with E-state index in [1.165, 1.54) is 12.8 Å². The minimum absolute atomic E-state index is 0.0507. The summed E-state index contributed by atoms with van der Waals surface area (Å²) in [5.41, 5.74) is 2.22. The molecule has 0 spiro atoms. The van der Waals surface area contributed by atoms with Crippen LogP contribution in [0, 0.1) is 6.92 Å². The van der Waals surface area contributed by atoms with Gasteiger partial charge in [-0.25, -0.2) is 9.67 Å². The summed E-state index contributed by atoms with van der Waals surface area (Å²) >= 11 is 0. The molecule has 3 rings (SSSR count). The maximum Gasteiger partial charge on any atom is 0.253 e. The summed E-state index contributed by atoms with van der Waals surface area (Å²) in [6.07, 6.45) is 4.31. The predicted octanol–water partition coefficient (Wildman–Crippen LogP) is 2.53. The molecule has 130 valence electrons. The Bertz CT molecular complexity index is 730. The second-order valence-electron chi connectivity index (χ2n) is 7.02. The lowest BCUT2D eigenvalue weighted by Crippen LogP contribution is -2.40. The van der Waals surface area contributed by atoms with Crippen molar-refractivity contribution >= 4 is 16.9 Å². The summed E-state index contributed by atoms with van der Waals surface area (Å²) in [5.74, 6) is -0.0507. The first-order chi connectivity index (χ1) is 11.5. The molecule has 6 nitrogen and oxygen atoms in total. The van der Waals surface area contributed by atoms with Gasteiger partial charge in [-0.05, 0) is 59.7 Å². The second-order valence-corrected chi connectivity index (χ2v) is 7.02. The monoisotopic (exact) mass is 329 g/mol. The molecule has 1 N–H and O–H groups in total. The average molecular weight is 329 g/mol. The molecule has 1 aliphatic rings. The number of rotatable bonds is 5. The van der Waals surface area contributed by atoms with Crippen LogP contribution in [0.2, 0.25) is 0 Å². The minimum Gasteiger partial charge on any atom is -0.350 e. The van der Waals surface area contributed by atoms with E-state index in [4.69, 9.17) is 0 Å². The predicted molar refractivity (Wildman–Crippen MR) is 95.3 cm³/mol. The molecular weight excluding hydrogens is 302 g/mol. The van der Waals surface area contributed by atoms with Crippen molar-refractivity contribution in [3.63, 3.8) is 0 Å². The van der Waals surface area contributed by atoms with E-state index in [-0.39, 0.29) is 11.9 Å². The second kappa shape index (κ2) is 6.89. The Morgan fingerprint density at radius 3 is 2.67 bits per heavy atom. The van der Waals surface area contributed by atoms with Gasteiger partial charge in [-0.1, -0.05) is 0 Å². The number of carbonyl (C=O) groups is 1. The molecule has 3 heterocycles. The van der Waals surface area contributed by atoms with Crippen LogP contribution < -0.4 is 5.32 Å². The van der Waals surface area contributed by atoms with Crippen LogP contribution in [0.4, 0.5) is 0 Å². The van der Waals surface area contributed by atoms with Gasteiger partial charge in [0.05, 0.1) is 17.5 Å². The highest BCUT2D eigenvalue weighted by Gasteiger charge is 2.20. The maximum absolute atomic E-state index is 12.6. The number of pyridine rings is 1. The van der Waals surface area contributed by atoms with Gasteiger partial charge in [0.15, 0.2) is 5.65 Å². The number of amides is 1. The fraction of sp³-hybridized carbons (Fsp3) is 0.611. The summed E-state index contributed by atoms with van der Waals surface area (Å²) in [4.78, 5) is 19.6. The first-order valence-corrected chi connectivity index (χ1v) is 8.84. The molecule has 1 atom stereocenters. The zero-order valence-electron chi connectivity index (χ0n) is 15.0. The number of fused-ring (bicyclic) bond motifs is 1. The Morgan fingerprint density at radius 2 is 2.00 bits per heavy atom. The van der Waals surface area contributed by atoms with Gasteiger partial charge in [0.1, 0.15) is 0 Å². The third kappa shape index (κ3) is 3.29. The van der Waals surface area contributed by atoms with Crippen molar-refractivity contribution in [3.8, 4) is 0 Å². The van der Waals surface area contributed by atoms with Gasteiger partial charge in [0, 0.05) is 24.0 Å². The lowest BCUT2D eigenvalue weighted by atomic mass is 10.1. The zero-order chi connectivity index (χ0) is 17.3. The molecule has 0 bridgehead atoms. The van der Waals surface area contributed by atoms with E-state index in [9.17, 15) is 4.79 Å². The van der Waals surface area contributed by atoms with E-state index < -0.39 is 0 Å². The summed E-state index contributed by atoms with van der Waals surface area (Å²) in [6, 6.07) is 2.52. The number of nitrogens with one attached hydrogen (secondary N) is 1. The van der Waals surface area contributed by atoms with Crippen LogP contribution in [0.25, 0.3) is 11.0 Å². The topological polar surface area (TPSA) is 63.1 Å². The van der Waals surface area contributed by atoms with Gasteiger partial charge in [-0.15, -0.1) is 0 Å². The molecule has 2 aromatic heterocycles. The van der Waals surface area contributed by atoms with Crippen molar-refractivity contribution in [2.75, 3.05) is 19.6 Å². The normalized spacial score (nSPS) is 16.9. The van der Waals surface area contributed by atoms with Crippen molar-refractivity contribution in [3.05, 3.63) is 23.5 Å². The molecule has 0 unspecified atom stereocenters. The van der Waals surface area contributed by atoms with Crippen LogP contribution in [0.15, 0.2) is 12.3 Å². The van der Waals surface area contributed by atoms with Gasteiger partial charge < -0.3 is 5.32 Å². The zero-order valence-corrected chi connectivity index (χ0v) is 15.0. The van der Waals surface area contributed by atoms with Crippen molar-refractivity contribution in [2.45, 2.75) is 52.6 Å². The maximum atomic E-state index is 12.6. The highest BCUT2D eigenvalue weighted by molar-refractivity contribution is 5.98. The molecule has 0 aromatic carbocycles. The number of aryl methyl sites for hydroxylation is 1. The largest absolute Gasteiger partial charge is 0.350 e. The average Bonchev–Trinajstić information content (AvgIpc) is 3.20. The van der Waals surface area contributed by atoms with E-state index in [0.29, 0.717) is 18.2 Å². The number of hydrogen-bond donors (Lipinski definition) is 1. The molecular formula is C18H27N5O. The molecule has 2 aromatic rings. The van der Waals surface area contributed by atoms with Gasteiger partial charge >= 0.3 is 0 Å². The van der Waals surface area contributed by atoms with Crippen molar-refractivity contribution in [1.29, 1.82) is 0 Å². The fourth-order valence-electron chi connectivity index (χ4n) is 3.32. The van der Waals surface area contributed by atoms with E-state index in [2.05, 4.69) is 41.1 Å². The molecule has 0 aliphatic carbocycles. The smallest absolute Gasteiger partial charge is 0.253 e. The van der Waals surface area contributed by atoms with E-state index in [1.54, 1.807) is 6.20 Å². The van der Waals surface area contributed by atoms with Gasteiger partial charge in [0.25, 0.3) is 5.91 Å². The van der Waals surface area contributed by atoms with Gasteiger partial charge in [-0.3, -0.25) is 9.69 Å².